The lowest BCUT2D eigenvalue weighted by atomic mass is 10.1. The van der Waals surface area contributed by atoms with Crippen molar-refractivity contribution >= 4 is 22.3 Å². The van der Waals surface area contributed by atoms with E-state index in [9.17, 15) is 13.2 Å². The van der Waals surface area contributed by atoms with Gasteiger partial charge in [0.1, 0.15) is 36.3 Å². The molecule has 0 fully saturated rings. The average molecular weight is 400 g/mol. The van der Waals surface area contributed by atoms with Crippen molar-refractivity contribution in [3.63, 3.8) is 0 Å². The van der Waals surface area contributed by atoms with Gasteiger partial charge in [-0.15, -0.1) is 10.2 Å². The minimum atomic E-state index is -0.723. The van der Waals surface area contributed by atoms with Gasteiger partial charge in [-0.2, -0.15) is 9.61 Å². The molecule has 7 nitrogen and oxygen atoms in total. The summed E-state index contributed by atoms with van der Waals surface area (Å²) in [7, 11) is 0. The van der Waals surface area contributed by atoms with Crippen LogP contribution in [0.25, 0.3) is 16.6 Å². The van der Waals surface area contributed by atoms with Gasteiger partial charge in [0.2, 0.25) is 0 Å². The van der Waals surface area contributed by atoms with Crippen LogP contribution in [0.4, 0.5) is 13.2 Å². The number of nitrogens with zero attached hydrogens (tertiary/aromatic N) is 6. The number of alkyl halides is 1. The van der Waals surface area contributed by atoms with Crippen molar-refractivity contribution < 1.29 is 18.0 Å². The molecule has 0 radical (unpaired) electrons. The third-order valence-corrected chi connectivity index (χ3v) is 4.29. The normalized spacial score (nSPS) is 12.1. The van der Waals surface area contributed by atoms with Gasteiger partial charge in [-0.1, -0.05) is 5.16 Å². The molecule has 148 valence electrons. The number of rotatable bonds is 6. The highest BCUT2D eigenvalue weighted by atomic mass is 19.1. The number of benzene rings is 1. The zero-order valence-electron chi connectivity index (χ0n) is 15.3. The van der Waals surface area contributed by atoms with Crippen LogP contribution in [-0.4, -0.2) is 43.8 Å². The second-order valence-corrected chi connectivity index (χ2v) is 6.20. The molecule has 0 aliphatic rings. The molecule has 4 aromatic rings. The van der Waals surface area contributed by atoms with Gasteiger partial charge in [-0.05, 0) is 31.2 Å². The van der Waals surface area contributed by atoms with E-state index < -0.39 is 18.3 Å². The molecule has 0 saturated carbocycles. The quantitative estimate of drug-likeness (QED) is 0.282. The van der Waals surface area contributed by atoms with E-state index >= 15 is 0 Å². The Morgan fingerprint density at radius 2 is 2.07 bits per heavy atom. The molecule has 0 aliphatic heterocycles. The summed E-state index contributed by atoms with van der Waals surface area (Å²) in [5.74, 6) is -1.17. The molecule has 10 heteroatoms. The van der Waals surface area contributed by atoms with E-state index in [1.807, 2.05) is 0 Å². The van der Waals surface area contributed by atoms with Gasteiger partial charge in [-0.3, -0.25) is 4.98 Å². The van der Waals surface area contributed by atoms with Crippen molar-refractivity contribution in [2.75, 3.05) is 13.3 Å². The predicted molar refractivity (Wildman–Crippen MR) is 99.4 cm³/mol. The molecule has 0 N–H and O–H groups in total. The summed E-state index contributed by atoms with van der Waals surface area (Å²) < 4.78 is 42.9. The van der Waals surface area contributed by atoms with Gasteiger partial charge < -0.3 is 4.84 Å². The molecular weight excluding hydrogens is 385 g/mol. The van der Waals surface area contributed by atoms with Crippen LogP contribution in [0.15, 0.2) is 41.7 Å². The van der Waals surface area contributed by atoms with Gasteiger partial charge >= 0.3 is 0 Å². The molecule has 0 aliphatic carbocycles. The van der Waals surface area contributed by atoms with E-state index in [2.05, 4.69) is 25.4 Å². The molecule has 1 aromatic carbocycles. The zero-order chi connectivity index (χ0) is 20.4. The number of halogens is 3. The number of pyridine rings is 1. The fourth-order valence-electron chi connectivity index (χ4n) is 2.87. The number of aromatic nitrogens is 5. The number of oxime groups is 1. The third kappa shape index (κ3) is 3.60. The lowest BCUT2D eigenvalue weighted by molar-refractivity contribution is 0.127. The molecule has 0 spiro atoms. The SMILES string of the molecule is CC(=NOCCF)c1ccc2nnc(Cc3c(F)cc4ncccc4c3F)n2n1. The first-order chi connectivity index (χ1) is 14.1. The van der Waals surface area contributed by atoms with Gasteiger partial charge in [0.15, 0.2) is 11.5 Å². The van der Waals surface area contributed by atoms with Crippen molar-refractivity contribution in [3.8, 4) is 0 Å². The van der Waals surface area contributed by atoms with E-state index in [-0.39, 0.29) is 35.3 Å². The maximum atomic E-state index is 14.9. The summed E-state index contributed by atoms with van der Waals surface area (Å²) in [4.78, 5) is 8.80. The van der Waals surface area contributed by atoms with Gasteiger partial charge in [0.25, 0.3) is 0 Å². The number of hydrogen-bond acceptors (Lipinski definition) is 6. The first-order valence-corrected chi connectivity index (χ1v) is 8.74. The van der Waals surface area contributed by atoms with E-state index in [4.69, 9.17) is 4.84 Å². The molecule has 29 heavy (non-hydrogen) atoms. The Morgan fingerprint density at radius 1 is 1.21 bits per heavy atom. The van der Waals surface area contributed by atoms with E-state index in [0.29, 0.717) is 17.1 Å². The summed E-state index contributed by atoms with van der Waals surface area (Å²) >= 11 is 0. The van der Waals surface area contributed by atoms with E-state index in [0.717, 1.165) is 0 Å². The maximum absolute atomic E-state index is 14.9. The molecule has 0 saturated heterocycles. The zero-order valence-corrected chi connectivity index (χ0v) is 15.3. The molecule has 0 bridgehead atoms. The summed E-state index contributed by atoms with van der Waals surface area (Å²) in [6.45, 7) is 0.830. The Hall–Kier alpha value is -3.56. The molecule has 0 unspecified atom stereocenters. The van der Waals surface area contributed by atoms with E-state index in [1.54, 1.807) is 25.1 Å². The second kappa shape index (κ2) is 7.82. The molecule has 3 aromatic heterocycles. The highest BCUT2D eigenvalue weighted by Crippen LogP contribution is 2.24. The molecule has 0 atom stereocenters. The summed E-state index contributed by atoms with van der Waals surface area (Å²) in [5.41, 5.74) is 1.33. The Labute approximate surface area is 162 Å². The van der Waals surface area contributed by atoms with Crippen molar-refractivity contribution in [1.82, 2.24) is 24.8 Å². The van der Waals surface area contributed by atoms with Crippen LogP contribution >= 0.6 is 0 Å². The monoisotopic (exact) mass is 400 g/mol. The predicted octanol–water partition coefficient (Wildman–Crippen LogP) is 3.25. The van der Waals surface area contributed by atoms with Crippen LogP contribution in [0.2, 0.25) is 0 Å². The van der Waals surface area contributed by atoms with Gasteiger partial charge in [0, 0.05) is 29.6 Å². The topological polar surface area (TPSA) is 77.6 Å². The number of hydrogen-bond donors (Lipinski definition) is 0. The smallest absolute Gasteiger partial charge is 0.177 e. The van der Waals surface area contributed by atoms with Crippen molar-refractivity contribution in [2.24, 2.45) is 5.16 Å². The Morgan fingerprint density at radius 3 is 2.90 bits per heavy atom. The van der Waals surface area contributed by atoms with Crippen LogP contribution in [-0.2, 0) is 11.3 Å². The Kier molecular flexibility index (Phi) is 5.07. The standard InChI is InChI=1S/C19H15F3N6O/c1-11(27-29-8-6-20)15-4-5-17-24-25-18(28(17)26-15)9-13-14(21)10-16-12(19(13)22)3-2-7-23-16/h2-5,7,10H,6,8-9H2,1H3. The van der Waals surface area contributed by atoms with Crippen LogP contribution in [0.5, 0.6) is 0 Å². The maximum Gasteiger partial charge on any atom is 0.177 e. The molecule has 3 heterocycles. The minimum absolute atomic E-state index is 0.149. The Balaban J connectivity index is 1.73. The van der Waals surface area contributed by atoms with Crippen LogP contribution in [0.3, 0.4) is 0 Å². The highest BCUT2D eigenvalue weighted by Gasteiger charge is 2.18. The first kappa shape index (κ1) is 18.8. The summed E-state index contributed by atoms with van der Waals surface area (Å²) in [5, 5.41) is 16.4. The Bertz CT molecular complexity index is 1220. The largest absolute Gasteiger partial charge is 0.393 e. The molecule has 4 rings (SSSR count). The van der Waals surface area contributed by atoms with E-state index in [1.165, 1.54) is 22.8 Å². The van der Waals surface area contributed by atoms with Crippen molar-refractivity contribution in [2.45, 2.75) is 13.3 Å². The van der Waals surface area contributed by atoms with Gasteiger partial charge in [0.05, 0.1) is 5.52 Å². The van der Waals surface area contributed by atoms with Crippen LogP contribution < -0.4 is 0 Å². The minimum Gasteiger partial charge on any atom is -0.393 e. The van der Waals surface area contributed by atoms with Crippen molar-refractivity contribution in [3.05, 3.63) is 65.2 Å². The average Bonchev–Trinajstić information content (AvgIpc) is 3.13. The van der Waals surface area contributed by atoms with Crippen molar-refractivity contribution in [1.29, 1.82) is 0 Å². The summed E-state index contributed by atoms with van der Waals surface area (Å²) in [6, 6.07) is 7.60. The fourth-order valence-corrected chi connectivity index (χ4v) is 2.87. The van der Waals surface area contributed by atoms with Crippen LogP contribution in [0.1, 0.15) is 24.0 Å². The first-order valence-electron chi connectivity index (χ1n) is 8.74. The lowest BCUT2D eigenvalue weighted by Crippen LogP contribution is -2.08. The van der Waals surface area contributed by atoms with Crippen LogP contribution in [0, 0.1) is 11.6 Å². The lowest BCUT2D eigenvalue weighted by Gasteiger charge is -2.07. The number of fused-ring (bicyclic) bond motifs is 2. The highest BCUT2D eigenvalue weighted by molar-refractivity contribution is 5.96. The second-order valence-electron chi connectivity index (χ2n) is 6.20. The summed E-state index contributed by atoms with van der Waals surface area (Å²) in [6.07, 6.45) is 1.31. The molecule has 0 amide bonds. The third-order valence-electron chi connectivity index (χ3n) is 4.29. The molecular formula is C19H15F3N6O. The fraction of sp³-hybridized carbons (Fsp3) is 0.211. The van der Waals surface area contributed by atoms with Gasteiger partial charge in [-0.25, -0.2) is 13.2 Å².